The summed E-state index contributed by atoms with van der Waals surface area (Å²) in [6.07, 6.45) is 0. The summed E-state index contributed by atoms with van der Waals surface area (Å²) in [6, 6.07) is 5.28. The molecule has 6 nitrogen and oxygen atoms in total. The Morgan fingerprint density at radius 3 is 2.56 bits per heavy atom. The Morgan fingerprint density at radius 1 is 1.24 bits per heavy atom. The van der Waals surface area contributed by atoms with E-state index in [9.17, 15) is 18.4 Å². The van der Waals surface area contributed by atoms with Crippen molar-refractivity contribution in [3.63, 3.8) is 0 Å². The molecular formula is C16H13ClF2N2O4. The van der Waals surface area contributed by atoms with Gasteiger partial charge in [0.15, 0.2) is 18.1 Å². The van der Waals surface area contributed by atoms with Gasteiger partial charge in [-0.15, -0.1) is 0 Å². The van der Waals surface area contributed by atoms with Gasteiger partial charge in [0.25, 0.3) is 11.8 Å². The lowest BCUT2D eigenvalue weighted by Gasteiger charge is -2.13. The molecule has 0 unspecified atom stereocenters. The van der Waals surface area contributed by atoms with Gasteiger partial charge in [-0.05, 0) is 24.3 Å². The van der Waals surface area contributed by atoms with Crippen molar-refractivity contribution < 1.29 is 27.8 Å². The minimum Gasteiger partial charge on any atom is -0.493 e. The molecule has 0 aliphatic rings. The Hall–Kier alpha value is -2.87. The molecule has 132 valence electrons. The van der Waals surface area contributed by atoms with Crippen LogP contribution in [0, 0.1) is 11.6 Å². The molecule has 0 aliphatic carbocycles. The van der Waals surface area contributed by atoms with Crippen LogP contribution in [0.5, 0.6) is 11.5 Å². The lowest BCUT2D eigenvalue weighted by atomic mass is 10.1. The second-order valence-corrected chi connectivity index (χ2v) is 5.23. The van der Waals surface area contributed by atoms with E-state index in [1.54, 1.807) is 0 Å². The van der Waals surface area contributed by atoms with E-state index < -0.39 is 30.1 Å². The number of nitrogens with one attached hydrogen (secondary N) is 1. The molecule has 0 heterocycles. The van der Waals surface area contributed by atoms with Crippen LogP contribution in [0.1, 0.15) is 10.4 Å². The molecular weight excluding hydrogens is 358 g/mol. The van der Waals surface area contributed by atoms with Crippen molar-refractivity contribution in [1.29, 1.82) is 0 Å². The molecule has 3 N–H and O–H groups in total. The zero-order valence-corrected chi connectivity index (χ0v) is 13.7. The molecule has 0 bridgehead atoms. The highest BCUT2D eigenvalue weighted by Crippen LogP contribution is 2.36. The number of carbonyl (C=O) groups is 2. The molecule has 0 aromatic heterocycles. The summed E-state index contributed by atoms with van der Waals surface area (Å²) >= 11 is 6.04. The van der Waals surface area contributed by atoms with Crippen LogP contribution in [0.15, 0.2) is 30.3 Å². The Labute approximate surface area is 146 Å². The third-order valence-corrected chi connectivity index (χ3v) is 3.31. The van der Waals surface area contributed by atoms with Crippen molar-refractivity contribution in [3.8, 4) is 11.5 Å². The summed E-state index contributed by atoms with van der Waals surface area (Å²) < 4.78 is 36.7. The molecule has 2 aromatic carbocycles. The predicted octanol–water partition coefficient (Wildman–Crippen LogP) is 2.74. The number of carbonyl (C=O) groups excluding carboxylic acids is 2. The molecule has 0 atom stereocenters. The molecule has 0 saturated carbocycles. The second kappa shape index (κ2) is 7.80. The molecule has 0 saturated heterocycles. The van der Waals surface area contributed by atoms with Crippen molar-refractivity contribution in [2.45, 2.75) is 0 Å². The van der Waals surface area contributed by atoms with Gasteiger partial charge >= 0.3 is 0 Å². The highest BCUT2D eigenvalue weighted by atomic mass is 35.5. The first kappa shape index (κ1) is 18.5. The van der Waals surface area contributed by atoms with Crippen LogP contribution < -0.4 is 20.5 Å². The monoisotopic (exact) mass is 370 g/mol. The highest BCUT2D eigenvalue weighted by Gasteiger charge is 2.17. The average molecular weight is 371 g/mol. The largest absolute Gasteiger partial charge is 0.493 e. The van der Waals surface area contributed by atoms with E-state index in [0.717, 1.165) is 12.1 Å². The maximum atomic E-state index is 13.6. The molecule has 9 heteroatoms. The summed E-state index contributed by atoms with van der Waals surface area (Å²) in [5.74, 6) is -2.99. The fourth-order valence-corrected chi connectivity index (χ4v) is 2.18. The molecule has 0 aliphatic heterocycles. The fourth-order valence-electron chi connectivity index (χ4n) is 1.92. The topological polar surface area (TPSA) is 90.7 Å². The van der Waals surface area contributed by atoms with Crippen molar-refractivity contribution in [3.05, 3.63) is 52.6 Å². The summed E-state index contributed by atoms with van der Waals surface area (Å²) in [7, 11) is 1.31. The SMILES string of the molecule is COc1cc(C(=O)Nc2ccc(F)cc2F)cc(Cl)c1OCC(N)=O. The Bertz CT molecular complexity index is 830. The van der Waals surface area contributed by atoms with Crippen molar-refractivity contribution in [2.75, 3.05) is 19.0 Å². The van der Waals surface area contributed by atoms with Crippen molar-refractivity contribution in [1.82, 2.24) is 0 Å². The number of rotatable bonds is 6. The quantitative estimate of drug-likeness (QED) is 0.818. The zero-order chi connectivity index (χ0) is 18.6. The maximum absolute atomic E-state index is 13.6. The number of anilines is 1. The number of nitrogens with two attached hydrogens (primary N) is 1. The van der Waals surface area contributed by atoms with Gasteiger partial charge in [-0.25, -0.2) is 8.78 Å². The highest BCUT2D eigenvalue weighted by molar-refractivity contribution is 6.32. The van der Waals surface area contributed by atoms with E-state index in [4.69, 9.17) is 26.8 Å². The first-order valence-electron chi connectivity index (χ1n) is 6.87. The minimum absolute atomic E-state index is 0.00896. The van der Waals surface area contributed by atoms with E-state index in [1.807, 2.05) is 0 Å². The van der Waals surface area contributed by atoms with Crippen LogP contribution >= 0.6 is 11.6 Å². The van der Waals surface area contributed by atoms with Crippen LogP contribution in [-0.2, 0) is 4.79 Å². The van der Waals surface area contributed by atoms with Gasteiger partial charge in [0.2, 0.25) is 0 Å². The van der Waals surface area contributed by atoms with Crippen molar-refractivity contribution >= 4 is 29.1 Å². The maximum Gasteiger partial charge on any atom is 0.255 e. The van der Waals surface area contributed by atoms with Gasteiger partial charge in [0.05, 0.1) is 17.8 Å². The Balaban J connectivity index is 2.27. The molecule has 25 heavy (non-hydrogen) atoms. The number of primary amides is 1. The fraction of sp³-hybridized carbons (Fsp3) is 0.125. The first-order valence-corrected chi connectivity index (χ1v) is 7.24. The van der Waals surface area contributed by atoms with E-state index in [-0.39, 0.29) is 27.8 Å². The third kappa shape index (κ3) is 4.57. The molecule has 2 rings (SSSR count). The number of amides is 2. The Kier molecular flexibility index (Phi) is 5.76. The normalized spacial score (nSPS) is 10.2. The third-order valence-electron chi connectivity index (χ3n) is 3.03. The molecule has 2 amide bonds. The van der Waals surface area contributed by atoms with E-state index in [2.05, 4.69) is 5.32 Å². The molecule has 2 aromatic rings. The summed E-state index contributed by atoms with van der Waals surface area (Å²) in [5.41, 5.74) is 4.84. The van der Waals surface area contributed by atoms with Crippen LogP contribution in [-0.4, -0.2) is 25.5 Å². The van der Waals surface area contributed by atoms with E-state index in [1.165, 1.54) is 19.2 Å². The van der Waals surface area contributed by atoms with Gasteiger partial charge < -0.3 is 20.5 Å². The molecule has 0 fully saturated rings. The van der Waals surface area contributed by atoms with Gasteiger partial charge in [-0.3, -0.25) is 9.59 Å². The number of hydrogen-bond acceptors (Lipinski definition) is 4. The smallest absolute Gasteiger partial charge is 0.255 e. The zero-order valence-electron chi connectivity index (χ0n) is 12.9. The van der Waals surface area contributed by atoms with Gasteiger partial charge in [-0.1, -0.05) is 11.6 Å². The van der Waals surface area contributed by atoms with Gasteiger partial charge in [0.1, 0.15) is 11.6 Å². The Morgan fingerprint density at radius 2 is 1.96 bits per heavy atom. The molecule has 0 radical (unpaired) electrons. The van der Waals surface area contributed by atoms with E-state index in [0.29, 0.717) is 6.07 Å². The van der Waals surface area contributed by atoms with Crippen LogP contribution in [0.25, 0.3) is 0 Å². The summed E-state index contributed by atoms with van der Waals surface area (Å²) in [5, 5.41) is 2.28. The van der Waals surface area contributed by atoms with Crippen LogP contribution in [0.3, 0.4) is 0 Å². The number of halogens is 3. The lowest BCUT2D eigenvalue weighted by molar-refractivity contribution is -0.119. The van der Waals surface area contributed by atoms with Crippen LogP contribution in [0.4, 0.5) is 14.5 Å². The van der Waals surface area contributed by atoms with Gasteiger partial charge in [-0.2, -0.15) is 0 Å². The molecule has 0 spiro atoms. The second-order valence-electron chi connectivity index (χ2n) is 4.82. The minimum atomic E-state index is -0.923. The average Bonchev–Trinajstić information content (AvgIpc) is 2.55. The predicted molar refractivity (Wildman–Crippen MR) is 87.0 cm³/mol. The standard InChI is InChI=1S/C16H13ClF2N2O4/c1-24-13-5-8(4-10(17)15(13)25-7-14(20)22)16(23)21-12-3-2-9(18)6-11(12)19/h2-6H,7H2,1H3,(H2,20,22)(H,21,23). The number of benzene rings is 2. The summed E-state index contributed by atoms with van der Waals surface area (Å²) in [4.78, 5) is 23.1. The number of hydrogen-bond donors (Lipinski definition) is 2. The van der Waals surface area contributed by atoms with Gasteiger partial charge in [0, 0.05) is 11.6 Å². The lowest BCUT2D eigenvalue weighted by Crippen LogP contribution is -2.20. The van der Waals surface area contributed by atoms with E-state index >= 15 is 0 Å². The van der Waals surface area contributed by atoms with Crippen molar-refractivity contribution in [2.24, 2.45) is 5.73 Å². The first-order chi connectivity index (χ1) is 11.8. The number of ether oxygens (including phenoxy) is 2. The van der Waals surface area contributed by atoms with Crippen LogP contribution in [0.2, 0.25) is 5.02 Å². The number of methoxy groups -OCH3 is 1. The summed E-state index contributed by atoms with van der Waals surface area (Å²) in [6.45, 7) is -0.428.